The Morgan fingerprint density at radius 2 is 2.12 bits per heavy atom. The zero-order chi connectivity index (χ0) is 16.9. The summed E-state index contributed by atoms with van der Waals surface area (Å²) in [7, 11) is 0. The zero-order valence-corrected chi connectivity index (χ0v) is 14.4. The average molecular weight is 332 g/mol. The van der Waals surface area contributed by atoms with E-state index in [9.17, 15) is 0 Å². The minimum atomic E-state index is 0.737. The third-order valence-electron chi connectivity index (χ3n) is 4.79. The lowest BCUT2D eigenvalue weighted by atomic mass is 9.96. The van der Waals surface area contributed by atoms with Gasteiger partial charge in [0.25, 0.3) is 0 Å². The van der Waals surface area contributed by atoms with Crippen LogP contribution in [-0.2, 0) is 0 Å². The second-order valence-electron chi connectivity index (χ2n) is 6.51. The van der Waals surface area contributed by atoms with E-state index in [1.54, 1.807) is 0 Å². The van der Waals surface area contributed by atoms with Crippen molar-refractivity contribution < 1.29 is 4.74 Å². The smallest absolute Gasteiger partial charge is 0.128 e. The quantitative estimate of drug-likeness (QED) is 0.597. The molecule has 0 fully saturated rings. The molecule has 25 heavy (non-hydrogen) atoms. The van der Waals surface area contributed by atoms with Gasteiger partial charge in [0, 0.05) is 30.2 Å². The maximum atomic E-state index is 5.98. The lowest BCUT2D eigenvalue weighted by Gasteiger charge is -2.24. The number of aromatic amines is 1. The molecule has 4 rings (SSSR count). The van der Waals surface area contributed by atoms with E-state index in [-0.39, 0.29) is 0 Å². The van der Waals surface area contributed by atoms with Crippen LogP contribution in [0, 0.1) is 0 Å². The van der Waals surface area contributed by atoms with Crippen molar-refractivity contribution in [1.82, 2.24) is 9.88 Å². The standard InChI is InChI=1S/C22H24N2O/c1-2-6-18(7-3-1)19-11-15-24(16-12-19)14-5-17-25-22-9-4-8-21-20(22)10-13-23-21/h1-2,4,7-13,15,23H,3,5-6,14,16-17H2. The summed E-state index contributed by atoms with van der Waals surface area (Å²) in [6.45, 7) is 2.74. The van der Waals surface area contributed by atoms with Gasteiger partial charge in [-0.2, -0.15) is 0 Å². The first-order valence-corrected chi connectivity index (χ1v) is 9.06. The number of H-pyrrole nitrogens is 1. The van der Waals surface area contributed by atoms with Crippen molar-refractivity contribution in [3.63, 3.8) is 0 Å². The molecule has 0 saturated heterocycles. The van der Waals surface area contributed by atoms with Crippen molar-refractivity contribution in [3.8, 4) is 5.75 Å². The largest absolute Gasteiger partial charge is 0.493 e. The molecule has 0 bridgehead atoms. The number of aromatic nitrogens is 1. The topological polar surface area (TPSA) is 28.3 Å². The lowest BCUT2D eigenvalue weighted by Crippen LogP contribution is -2.22. The molecule has 1 N–H and O–H groups in total. The minimum Gasteiger partial charge on any atom is -0.493 e. The van der Waals surface area contributed by atoms with Gasteiger partial charge in [-0.3, -0.25) is 0 Å². The summed E-state index contributed by atoms with van der Waals surface area (Å²) in [5.41, 5.74) is 3.97. The number of ether oxygens (including phenoxy) is 1. The van der Waals surface area contributed by atoms with Crippen molar-refractivity contribution in [2.75, 3.05) is 19.7 Å². The summed E-state index contributed by atoms with van der Waals surface area (Å²) >= 11 is 0. The molecule has 2 aromatic rings. The van der Waals surface area contributed by atoms with Crippen LogP contribution in [0.1, 0.15) is 19.3 Å². The van der Waals surface area contributed by atoms with Crippen molar-refractivity contribution in [1.29, 1.82) is 0 Å². The van der Waals surface area contributed by atoms with Gasteiger partial charge in [-0.05, 0) is 60.9 Å². The maximum absolute atomic E-state index is 5.98. The highest BCUT2D eigenvalue weighted by atomic mass is 16.5. The van der Waals surface area contributed by atoms with Crippen LogP contribution in [0.3, 0.4) is 0 Å². The third-order valence-corrected chi connectivity index (χ3v) is 4.79. The van der Waals surface area contributed by atoms with Crippen LogP contribution in [0.5, 0.6) is 5.75 Å². The highest BCUT2D eigenvalue weighted by molar-refractivity contribution is 5.85. The second kappa shape index (κ2) is 7.47. The Hall–Kier alpha value is -2.68. The van der Waals surface area contributed by atoms with Gasteiger partial charge in [-0.1, -0.05) is 30.4 Å². The molecule has 0 spiro atoms. The normalized spacial score (nSPS) is 16.9. The number of hydrogen-bond donors (Lipinski definition) is 1. The molecular weight excluding hydrogens is 308 g/mol. The predicted octanol–water partition coefficient (Wildman–Crippen LogP) is 4.97. The maximum Gasteiger partial charge on any atom is 0.128 e. The van der Waals surface area contributed by atoms with Crippen LogP contribution in [0.4, 0.5) is 0 Å². The molecule has 2 heterocycles. The van der Waals surface area contributed by atoms with Crippen molar-refractivity contribution in [3.05, 3.63) is 78.2 Å². The Labute approximate surface area is 149 Å². The Morgan fingerprint density at radius 3 is 2.96 bits per heavy atom. The molecule has 0 atom stereocenters. The molecule has 3 heteroatoms. The molecule has 1 aromatic carbocycles. The van der Waals surface area contributed by atoms with Gasteiger partial charge < -0.3 is 14.6 Å². The van der Waals surface area contributed by atoms with Gasteiger partial charge in [0.05, 0.1) is 6.61 Å². The van der Waals surface area contributed by atoms with Crippen molar-refractivity contribution in [2.24, 2.45) is 0 Å². The van der Waals surface area contributed by atoms with E-state index >= 15 is 0 Å². The summed E-state index contributed by atoms with van der Waals surface area (Å²) in [6, 6.07) is 8.21. The highest BCUT2D eigenvalue weighted by Crippen LogP contribution is 2.25. The van der Waals surface area contributed by atoms with Crippen LogP contribution in [0.15, 0.2) is 78.2 Å². The molecule has 0 saturated carbocycles. The molecule has 1 aliphatic heterocycles. The third kappa shape index (κ3) is 3.71. The minimum absolute atomic E-state index is 0.737. The van der Waals surface area contributed by atoms with Crippen molar-refractivity contribution in [2.45, 2.75) is 19.3 Å². The van der Waals surface area contributed by atoms with E-state index in [0.717, 1.165) is 55.6 Å². The van der Waals surface area contributed by atoms with Gasteiger partial charge in [0.2, 0.25) is 0 Å². The number of rotatable bonds is 6. The molecule has 0 unspecified atom stereocenters. The monoisotopic (exact) mass is 332 g/mol. The molecule has 0 amide bonds. The number of benzene rings is 1. The summed E-state index contributed by atoms with van der Waals surface area (Å²) in [5.74, 6) is 0.965. The SMILES string of the molecule is C1=CCC(C2=CCN(CCCOc3cccc4[nH]ccc34)C=C2)=CC1. The van der Waals surface area contributed by atoms with E-state index in [2.05, 4.69) is 58.6 Å². The van der Waals surface area contributed by atoms with E-state index in [1.165, 1.54) is 11.1 Å². The molecule has 1 aliphatic carbocycles. The first-order chi connectivity index (χ1) is 12.4. The summed E-state index contributed by atoms with van der Waals surface area (Å²) < 4.78 is 5.98. The predicted molar refractivity (Wildman–Crippen MR) is 104 cm³/mol. The number of fused-ring (bicyclic) bond motifs is 1. The van der Waals surface area contributed by atoms with E-state index in [1.807, 2.05) is 18.3 Å². The van der Waals surface area contributed by atoms with Crippen LogP contribution < -0.4 is 4.74 Å². The lowest BCUT2D eigenvalue weighted by molar-refractivity contribution is 0.285. The first-order valence-electron chi connectivity index (χ1n) is 9.06. The van der Waals surface area contributed by atoms with Crippen molar-refractivity contribution >= 4 is 10.9 Å². The van der Waals surface area contributed by atoms with Gasteiger partial charge in [-0.15, -0.1) is 0 Å². The van der Waals surface area contributed by atoms with Crippen LogP contribution >= 0.6 is 0 Å². The van der Waals surface area contributed by atoms with Crippen LogP contribution in [0.25, 0.3) is 10.9 Å². The summed E-state index contributed by atoms with van der Waals surface area (Å²) in [6.07, 6.45) is 18.7. The number of hydrogen-bond acceptors (Lipinski definition) is 2. The Kier molecular flexibility index (Phi) is 4.73. The fraction of sp³-hybridized carbons (Fsp3) is 0.273. The Bertz CT molecular complexity index is 854. The zero-order valence-electron chi connectivity index (χ0n) is 14.4. The summed E-state index contributed by atoms with van der Waals surface area (Å²) in [4.78, 5) is 5.57. The number of nitrogens with zero attached hydrogens (tertiary/aromatic N) is 1. The fourth-order valence-corrected chi connectivity index (χ4v) is 3.40. The van der Waals surface area contributed by atoms with E-state index in [4.69, 9.17) is 4.74 Å². The van der Waals surface area contributed by atoms with Crippen LogP contribution in [-0.4, -0.2) is 29.6 Å². The Balaban J connectivity index is 1.24. The average Bonchev–Trinajstić information content (AvgIpc) is 3.16. The van der Waals surface area contributed by atoms with Gasteiger partial charge in [-0.25, -0.2) is 0 Å². The molecule has 128 valence electrons. The molecular formula is C22H24N2O. The van der Waals surface area contributed by atoms with Gasteiger partial charge >= 0.3 is 0 Å². The molecule has 0 radical (unpaired) electrons. The fourth-order valence-electron chi connectivity index (χ4n) is 3.40. The number of allylic oxidation sites excluding steroid dienone is 6. The Morgan fingerprint density at radius 1 is 1.12 bits per heavy atom. The number of nitrogens with one attached hydrogen (secondary N) is 1. The van der Waals surface area contributed by atoms with Gasteiger partial charge in [0.1, 0.15) is 5.75 Å². The van der Waals surface area contributed by atoms with E-state index in [0.29, 0.717) is 0 Å². The summed E-state index contributed by atoms with van der Waals surface area (Å²) in [5, 5.41) is 1.16. The highest BCUT2D eigenvalue weighted by Gasteiger charge is 2.09. The van der Waals surface area contributed by atoms with E-state index < -0.39 is 0 Å². The second-order valence-corrected chi connectivity index (χ2v) is 6.51. The molecule has 2 aliphatic rings. The molecule has 1 aromatic heterocycles. The molecule has 3 nitrogen and oxygen atoms in total. The van der Waals surface area contributed by atoms with Crippen LogP contribution in [0.2, 0.25) is 0 Å². The van der Waals surface area contributed by atoms with Gasteiger partial charge in [0.15, 0.2) is 0 Å². The first kappa shape index (κ1) is 15.8.